The lowest BCUT2D eigenvalue weighted by atomic mass is 10.2. The van der Waals surface area contributed by atoms with Crippen molar-refractivity contribution in [2.45, 2.75) is 18.4 Å². The molecule has 0 spiro atoms. The summed E-state index contributed by atoms with van der Waals surface area (Å²) in [5.41, 5.74) is -0.147. The van der Waals surface area contributed by atoms with Gasteiger partial charge in [-0.1, -0.05) is 5.16 Å². The van der Waals surface area contributed by atoms with E-state index in [2.05, 4.69) is 30.8 Å². The van der Waals surface area contributed by atoms with Gasteiger partial charge in [0.15, 0.2) is 5.82 Å². The highest BCUT2D eigenvalue weighted by atomic mass is 79.9. The second kappa shape index (κ2) is 5.92. The lowest BCUT2D eigenvalue weighted by Crippen LogP contribution is -2.23. The summed E-state index contributed by atoms with van der Waals surface area (Å²) in [6, 6.07) is 3.71. The molecule has 10 heteroatoms. The Morgan fingerprint density at radius 2 is 2.19 bits per heavy atom. The van der Waals surface area contributed by atoms with Crippen LogP contribution in [0, 0.1) is 6.92 Å². The maximum absolute atomic E-state index is 12.1. The van der Waals surface area contributed by atoms with Gasteiger partial charge in [-0.2, -0.15) is 4.98 Å². The van der Waals surface area contributed by atoms with Crippen molar-refractivity contribution in [1.29, 1.82) is 0 Å². The molecule has 8 nitrogen and oxygen atoms in total. The number of sulfonamides is 1. The van der Waals surface area contributed by atoms with Crippen molar-refractivity contribution < 1.29 is 22.8 Å². The number of carboxylic acid groups (broad SMARTS) is 1. The minimum atomic E-state index is -3.88. The maximum atomic E-state index is 12.1. The molecule has 0 unspecified atom stereocenters. The van der Waals surface area contributed by atoms with Crippen molar-refractivity contribution in [2.24, 2.45) is 0 Å². The highest BCUT2D eigenvalue weighted by Crippen LogP contribution is 2.21. The van der Waals surface area contributed by atoms with Crippen molar-refractivity contribution in [3.05, 3.63) is 40.0 Å². The molecule has 2 aromatic rings. The van der Waals surface area contributed by atoms with E-state index in [1.54, 1.807) is 6.92 Å². The molecule has 0 atom stereocenters. The number of aryl methyl sites for hydroxylation is 1. The number of nitrogens with one attached hydrogen (secondary N) is 1. The van der Waals surface area contributed by atoms with Crippen LogP contribution in [-0.4, -0.2) is 29.6 Å². The van der Waals surface area contributed by atoms with E-state index in [0.717, 1.165) is 6.07 Å². The molecule has 0 saturated heterocycles. The first-order chi connectivity index (χ1) is 9.79. The smallest absolute Gasteiger partial charge is 0.336 e. The maximum Gasteiger partial charge on any atom is 0.336 e. The number of aromatic nitrogens is 2. The molecular weight excluding hydrogens is 366 g/mol. The number of benzene rings is 1. The summed E-state index contributed by atoms with van der Waals surface area (Å²) in [6.45, 7) is 1.43. The molecule has 1 heterocycles. The van der Waals surface area contributed by atoms with Crippen LogP contribution in [0.15, 0.2) is 32.1 Å². The predicted octanol–water partition coefficient (Wildman–Crippen LogP) is 1.32. The number of rotatable bonds is 5. The lowest BCUT2D eigenvalue weighted by Gasteiger charge is -2.06. The van der Waals surface area contributed by atoms with Crippen LogP contribution in [0.5, 0.6) is 0 Å². The van der Waals surface area contributed by atoms with Crippen molar-refractivity contribution in [1.82, 2.24) is 14.9 Å². The first-order valence-corrected chi connectivity index (χ1v) is 7.89. The lowest BCUT2D eigenvalue weighted by molar-refractivity contribution is 0.0695. The Bertz CT molecular complexity index is 787. The van der Waals surface area contributed by atoms with Crippen molar-refractivity contribution >= 4 is 31.9 Å². The molecule has 2 rings (SSSR count). The van der Waals surface area contributed by atoms with Gasteiger partial charge in [-0.15, -0.1) is 0 Å². The normalized spacial score (nSPS) is 11.5. The minimum absolute atomic E-state index is 0.117. The molecule has 2 N–H and O–H groups in total. The van der Waals surface area contributed by atoms with Gasteiger partial charge in [0, 0.05) is 4.47 Å². The van der Waals surface area contributed by atoms with Gasteiger partial charge in [-0.05, 0) is 41.1 Å². The summed E-state index contributed by atoms with van der Waals surface area (Å²) in [5.74, 6) is -0.723. The van der Waals surface area contributed by atoms with Gasteiger partial charge in [0.05, 0.1) is 17.0 Å². The van der Waals surface area contributed by atoms with Crippen LogP contribution in [-0.2, 0) is 16.6 Å². The van der Waals surface area contributed by atoms with Gasteiger partial charge in [0.2, 0.25) is 15.9 Å². The topological polar surface area (TPSA) is 122 Å². The number of hydrogen-bond donors (Lipinski definition) is 2. The average molecular weight is 376 g/mol. The Labute approximate surface area is 128 Å². The molecule has 0 aliphatic heterocycles. The quantitative estimate of drug-likeness (QED) is 0.807. The van der Waals surface area contributed by atoms with Gasteiger partial charge in [-0.3, -0.25) is 0 Å². The van der Waals surface area contributed by atoms with E-state index < -0.39 is 16.0 Å². The predicted molar refractivity (Wildman–Crippen MR) is 74.2 cm³/mol. The molecular formula is C11H10BrN3O5S. The molecule has 0 bridgehead atoms. The fraction of sp³-hybridized carbons (Fsp3) is 0.182. The largest absolute Gasteiger partial charge is 0.478 e. The second-order valence-corrected chi connectivity index (χ2v) is 6.63. The van der Waals surface area contributed by atoms with Crippen LogP contribution in [0.4, 0.5) is 0 Å². The Kier molecular flexibility index (Phi) is 4.40. The van der Waals surface area contributed by atoms with Crippen LogP contribution in [0.3, 0.4) is 0 Å². The van der Waals surface area contributed by atoms with Crippen LogP contribution >= 0.6 is 15.9 Å². The van der Waals surface area contributed by atoms with E-state index in [1.165, 1.54) is 12.1 Å². The first-order valence-electron chi connectivity index (χ1n) is 5.61. The zero-order chi connectivity index (χ0) is 15.6. The summed E-state index contributed by atoms with van der Waals surface area (Å²) < 4.78 is 31.5. The van der Waals surface area contributed by atoms with Gasteiger partial charge >= 0.3 is 5.97 Å². The molecule has 0 fully saturated rings. The Balaban J connectivity index is 2.23. The van der Waals surface area contributed by atoms with E-state index in [9.17, 15) is 13.2 Å². The summed E-state index contributed by atoms with van der Waals surface area (Å²) >= 11 is 3.05. The first kappa shape index (κ1) is 15.6. The standard InChI is InChI=1S/C11H10BrN3O5S/c1-6-14-10(20-15-6)5-13-21(18,19)7-2-3-9(12)8(4-7)11(16)17/h2-4,13H,5H2,1H3,(H,16,17). The Morgan fingerprint density at radius 3 is 2.76 bits per heavy atom. The summed E-state index contributed by atoms with van der Waals surface area (Å²) in [7, 11) is -3.88. The molecule has 0 aliphatic carbocycles. The van der Waals surface area contributed by atoms with E-state index in [-0.39, 0.29) is 22.9 Å². The van der Waals surface area contributed by atoms with Crippen molar-refractivity contribution in [3.63, 3.8) is 0 Å². The monoisotopic (exact) mass is 375 g/mol. The Hall–Kier alpha value is -1.78. The average Bonchev–Trinajstić information content (AvgIpc) is 2.82. The number of nitrogens with zero attached hydrogens (tertiary/aromatic N) is 2. The van der Waals surface area contributed by atoms with Gasteiger partial charge < -0.3 is 9.63 Å². The molecule has 112 valence electrons. The molecule has 0 radical (unpaired) electrons. The van der Waals surface area contributed by atoms with Gasteiger partial charge in [-0.25, -0.2) is 17.9 Å². The third kappa shape index (κ3) is 3.65. The van der Waals surface area contributed by atoms with Gasteiger partial charge in [0.25, 0.3) is 0 Å². The molecule has 1 aromatic carbocycles. The van der Waals surface area contributed by atoms with Crippen LogP contribution < -0.4 is 4.72 Å². The number of carbonyl (C=O) groups is 1. The van der Waals surface area contributed by atoms with E-state index in [4.69, 9.17) is 9.63 Å². The highest BCUT2D eigenvalue weighted by molar-refractivity contribution is 9.10. The van der Waals surface area contributed by atoms with E-state index in [1.807, 2.05) is 0 Å². The second-order valence-electron chi connectivity index (χ2n) is 4.01. The summed E-state index contributed by atoms with van der Waals surface area (Å²) in [5, 5.41) is 12.5. The fourth-order valence-electron chi connectivity index (χ4n) is 1.49. The van der Waals surface area contributed by atoms with Gasteiger partial charge in [0.1, 0.15) is 0 Å². The summed E-state index contributed by atoms with van der Waals surface area (Å²) in [4.78, 5) is 14.7. The van der Waals surface area contributed by atoms with Crippen LogP contribution in [0.1, 0.15) is 22.1 Å². The van der Waals surface area contributed by atoms with E-state index >= 15 is 0 Å². The molecule has 0 aliphatic rings. The highest BCUT2D eigenvalue weighted by Gasteiger charge is 2.19. The fourth-order valence-corrected chi connectivity index (χ4v) is 2.90. The molecule has 0 amide bonds. The van der Waals surface area contributed by atoms with Crippen molar-refractivity contribution in [3.8, 4) is 0 Å². The SMILES string of the molecule is Cc1noc(CNS(=O)(=O)c2ccc(Br)c(C(=O)O)c2)n1. The zero-order valence-electron chi connectivity index (χ0n) is 10.7. The van der Waals surface area contributed by atoms with Crippen molar-refractivity contribution in [2.75, 3.05) is 0 Å². The minimum Gasteiger partial charge on any atom is -0.478 e. The third-order valence-electron chi connectivity index (χ3n) is 2.46. The molecule has 21 heavy (non-hydrogen) atoms. The van der Waals surface area contributed by atoms with E-state index in [0.29, 0.717) is 10.3 Å². The molecule has 1 aromatic heterocycles. The summed E-state index contributed by atoms with van der Waals surface area (Å²) in [6.07, 6.45) is 0. The van der Waals surface area contributed by atoms with Crippen LogP contribution in [0.25, 0.3) is 0 Å². The number of hydrogen-bond acceptors (Lipinski definition) is 6. The number of halogens is 1. The third-order valence-corrected chi connectivity index (χ3v) is 4.55. The number of aromatic carboxylic acids is 1. The molecule has 0 saturated carbocycles. The van der Waals surface area contributed by atoms with Crippen LogP contribution in [0.2, 0.25) is 0 Å². The number of carboxylic acids is 1. The zero-order valence-corrected chi connectivity index (χ0v) is 13.1. The Morgan fingerprint density at radius 1 is 1.48 bits per heavy atom.